The molecule has 2 amide bonds. The van der Waals surface area contributed by atoms with Gasteiger partial charge in [0.05, 0.1) is 6.54 Å². The van der Waals surface area contributed by atoms with Crippen LogP contribution < -0.4 is 5.32 Å². The van der Waals surface area contributed by atoms with Crippen molar-refractivity contribution in [2.75, 3.05) is 13.1 Å². The highest BCUT2D eigenvalue weighted by atomic mass is 79.9. The molecule has 1 aromatic carbocycles. The first-order chi connectivity index (χ1) is 9.04. The molecule has 0 atom stereocenters. The van der Waals surface area contributed by atoms with E-state index in [9.17, 15) is 9.59 Å². The highest BCUT2D eigenvalue weighted by molar-refractivity contribution is 9.10. The van der Waals surface area contributed by atoms with E-state index in [0.717, 1.165) is 14.9 Å². The number of carbonyl (C=O) groups excluding carboxylic acids is 1. The van der Waals surface area contributed by atoms with Gasteiger partial charge in [-0.2, -0.15) is 0 Å². The normalized spacial score (nSPS) is 9.47. The predicted molar refractivity (Wildman–Crippen MR) is 74.4 cm³/mol. The Balaban J connectivity index is 2.60. The van der Waals surface area contributed by atoms with Crippen LogP contribution in [0.4, 0.5) is 4.79 Å². The lowest BCUT2D eigenvalue weighted by atomic mass is 10.2. The third-order valence-corrected chi connectivity index (χ3v) is 3.06. The second kappa shape index (κ2) is 7.44. The Labute approximate surface area is 119 Å². The molecular weight excluding hydrogens is 312 g/mol. The maximum Gasteiger partial charge on any atom is 0.323 e. The largest absolute Gasteiger partial charge is 0.480 e. The van der Waals surface area contributed by atoms with Crippen LogP contribution in [0.15, 0.2) is 28.7 Å². The fraction of sp³-hybridized carbons (Fsp3) is 0.231. The van der Waals surface area contributed by atoms with Crippen molar-refractivity contribution >= 4 is 27.9 Å². The van der Waals surface area contributed by atoms with Crippen molar-refractivity contribution in [1.82, 2.24) is 10.2 Å². The number of carbonyl (C=O) groups is 2. The molecule has 2 N–H and O–H groups in total. The van der Waals surface area contributed by atoms with Crippen molar-refractivity contribution in [1.29, 1.82) is 0 Å². The molecule has 0 unspecified atom stereocenters. The summed E-state index contributed by atoms with van der Waals surface area (Å²) < 4.78 is 0.872. The number of urea groups is 1. The Kier molecular flexibility index (Phi) is 5.90. The maximum absolute atomic E-state index is 11.8. The van der Waals surface area contributed by atoms with Gasteiger partial charge in [-0.25, -0.2) is 4.79 Å². The van der Waals surface area contributed by atoms with Gasteiger partial charge in [-0.1, -0.05) is 40.0 Å². The van der Waals surface area contributed by atoms with Gasteiger partial charge in [0.2, 0.25) is 0 Å². The number of aliphatic carboxylic acids is 1. The van der Waals surface area contributed by atoms with Crippen LogP contribution in [0.25, 0.3) is 0 Å². The fourth-order valence-corrected chi connectivity index (χ4v) is 1.82. The topological polar surface area (TPSA) is 69.6 Å². The average Bonchev–Trinajstić information content (AvgIpc) is 2.36. The lowest BCUT2D eigenvalue weighted by Gasteiger charge is -2.18. The minimum Gasteiger partial charge on any atom is -0.480 e. The standard InChI is InChI=1S/C13H13BrN2O3/c1-2-7-16(9-12(17)18)13(19)15-8-10-5-3-4-6-11(10)14/h1,3-6H,7-9H2,(H,15,19)(H,17,18). The molecule has 1 aromatic rings. The number of benzene rings is 1. The van der Waals surface area contributed by atoms with Gasteiger partial charge in [-0.15, -0.1) is 6.42 Å². The van der Waals surface area contributed by atoms with Gasteiger partial charge in [0, 0.05) is 11.0 Å². The average molecular weight is 325 g/mol. The molecule has 0 aromatic heterocycles. The predicted octanol–water partition coefficient (Wildman–Crippen LogP) is 1.68. The van der Waals surface area contributed by atoms with Crippen LogP contribution in [-0.4, -0.2) is 35.1 Å². The molecule has 0 fully saturated rings. The summed E-state index contributed by atoms with van der Waals surface area (Å²) in [5.41, 5.74) is 0.895. The monoisotopic (exact) mass is 324 g/mol. The minimum absolute atomic E-state index is 0.0475. The SMILES string of the molecule is C#CCN(CC(=O)O)C(=O)NCc1ccccc1Br. The second-order valence-electron chi connectivity index (χ2n) is 3.70. The number of terminal acetylenes is 1. The number of hydrogen-bond acceptors (Lipinski definition) is 2. The zero-order chi connectivity index (χ0) is 14.3. The molecule has 0 aliphatic rings. The van der Waals surface area contributed by atoms with Crippen LogP contribution in [-0.2, 0) is 11.3 Å². The number of nitrogens with zero attached hydrogens (tertiary/aromatic N) is 1. The van der Waals surface area contributed by atoms with Crippen molar-refractivity contribution in [3.8, 4) is 12.3 Å². The first kappa shape index (κ1) is 15.1. The van der Waals surface area contributed by atoms with Crippen molar-refractivity contribution in [3.63, 3.8) is 0 Å². The smallest absolute Gasteiger partial charge is 0.323 e. The summed E-state index contributed by atoms with van der Waals surface area (Å²) in [5.74, 6) is 1.15. The van der Waals surface area contributed by atoms with E-state index in [-0.39, 0.29) is 6.54 Å². The number of rotatable bonds is 5. The molecule has 1 rings (SSSR count). The summed E-state index contributed by atoms with van der Waals surface area (Å²) in [7, 11) is 0. The summed E-state index contributed by atoms with van der Waals surface area (Å²) in [6.45, 7) is -0.180. The Morgan fingerprint density at radius 1 is 1.42 bits per heavy atom. The molecule has 0 aliphatic heterocycles. The Morgan fingerprint density at radius 2 is 2.11 bits per heavy atom. The van der Waals surface area contributed by atoms with Crippen molar-refractivity contribution in [3.05, 3.63) is 34.3 Å². The number of carboxylic acids is 1. The molecule has 0 saturated heterocycles. The van der Waals surface area contributed by atoms with Gasteiger partial charge in [-0.05, 0) is 11.6 Å². The first-order valence-corrected chi connectivity index (χ1v) is 6.25. The summed E-state index contributed by atoms with van der Waals surface area (Å²) in [6, 6.07) is 6.93. The molecule has 100 valence electrons. The van der Waals surface area contributed by atoms with E-state index in [2.05, 4.69) is 27.2 Å². The zero-order valence-corrected chi connectivity index (χ0v) is 11.7. The minimum atomic E-state index is -1.11. The highest BCUT2D eigenvalue weighted by Crippen LogP contribution is 2.15. The van der Waals surface area contributed by atoms with Gasteiger partial charge in [-0.3, -0.25) is 4.79 Å². The van der Waals surface area contributed by atoms with Crippen molar-refractivity contribution in [2.24, 2.45) is 0 Å². The van der Waals surface area contributed by atoms with E-state index in [1.165, 1.54) is 0 Å². The molecular formula is C13H13BrN2O3. The van der Waals surface area contributed by atoms with E-state index in [1.54, 1.807) is 0 Å². The molecule has 19 heavy (non-hydrogen) atoms. The second-order valence-corrected chi connectivity index (χ2v) is 4.56. The van der Waals surface area contributed by atoms with Crippen LogP contribution in [0.3, 0.4) is 0 Å². The molecule has 0 heterocycles. The number of hydrogen-bond donors (Lipinski definition) is 2. The van der Waals surface area contributed by atoms with Gasteiger partial charge in [0.25, 0.3) is 0 Å². The summed E-state index contributed by atoms with van der Waals surface area (Å²) in [4.78, 5) is 23.5. The quantitative estimate of drug-likeness (QED) is 0.809. The summed E-state index contributed by atoms with van der Waals surface area (Å²) in [6.07, 6.45) is 5.10. The molecule has 0 bridgehead atoms. The Morgan fingerprint density at radius 3 is 2.68 bits per heavy atom. The highest BCUT2D eigenvalue weighted by Gasteiger charge is 2.15. The van der Waals surface area contributed by atoms with Crippen LogP contribution in [0.1, 0.15) is 5.56 Å². The van der Waals surface area contributed by atoms with Gasteiger partial charge < -0.3 is 15.3 Å². The molecule has 5 nitrogen and oxygen atoms in total. The van der Waals surface area contributed by atoms with E-state index in [4.69, 9.17) is 11.5 Å². The van der Waals surface area contributed by atoms with Crippen molar-refractivity contribution in [2.45, 2.75) is 6.54 Å². The van der Waals surface area contributed by atoms with Crippen molar-refractivity contribution < 1.29 is 14.7 Å². The number of nitrogens with one attached hydrogen (secondary N) is 1. The van der Waals surface area contributed by atoms with Crippen LogP contribution in [0.5, 0.6) is 0 Å². The number of halogens is 1. The zero-order valence-electron chi connectivity index (χ0n) is 10.1. The third kappa shape index (κ3) is 5.02. The van der Waals surface area contributed by atoms with Gasteiger partial charge >= 0.3 is 12.0 Å². The lowest BCUT2D eigenvalue weighted by molar-refractivity contribution is -0.137. The van der Waals surface area contributed by atoms with Gasteiger partial charge in [0.1, 0.15) is 6.54 Å². The Hall–Kier alpha value is -2.00. The van der Waals surface area contributed by atoms with E-state index < -0.39 is 18.5 Å². The van der Waals surface area contributed by atoms with Crippen LogP contribution in [0, 0.1) is 12.3 Å². The molecule has 0 radical (unpaired) electrons. The van der Waals surface area contributed by atoms with Crippen LogP contribution in [0.2, 0.25) is 0 Å². The maximum atomic E-state index is 11.8. The van der Waals surface area contributed by atoms with Gasteiger partial charge in [0.15, 0.2) is 0 Å². The molecule has 6 heteroatoms. The number of amides is 2. The summed E-state index contributed by atoms with van der Waals surface area (Å²) in [5, 5.41) is 11.3. The lowest BCUT2D eigenvalue weighted by Crippen LogP contribution is -2.42. The third-order valence-electron chi connectivity index (χ3n) is 2.28. The van der Waals surface area contributed by atoms with E-state index >= 15 is 0 Å². The molecule has 0 saturated carbocycles. The Bertz CT molecular complexity index is 511. The molecule has 0 aliphatic carbocycles. The summed E-state index contributed by atoms with van der Waals surface area (Å²) >= 11 is 3.36. The number of carboxylic acid groups (broad SMARTS) is 1. The van der Waals surface area contributed by atoms with E-state index in [1.807, 2.05) is 24.3 Å². The van der Waals surface area contributed by atoms with Crippen LogP contribution >= 0.6 is 15.9 Å². The fourth-order valence-electron chi connectivity index (χ4n) is 1.40. The first-order valence-electron chi connectivity index (χ1n) is 5.46. The van der Waals surface area contributed by atoms with E-state index in [0.29, 0.717) is 6.54 Å². The molecule has 0 spiro atoms.